The van der Waals surface area contributed by atoms with Gasteiger partial charge in [-0.15, -0.1) is 11.3 Å². The zero-order valence-electron chi connectivity index (χ0n) is 17.5. The van der Waals surface area contributed by atoms with Crippen LogP contribution in [0.2, 0.25) is 0 Å². The molecule has 0 unspecified atom stereocenters. The van der Waals surface area contributed by atoms with E-state index in [-0.39, 0.29) is 17.2 Å². The van der Waals surface area contributed by atoms with E-state index in [0.717, 1.165) is 29.0 Å². The third kappa shape index (κ3) is 4.62. The Kier molecular flexibility index (Phi) is 5.86. The zero-order valence-corrected chi connectivity index (χ0v) is 19.1. The predicted molar refractivity (Wildman–Crippen MR) is 124 cm³/mol. The lowest BCUT2D eigenvalue weighted by Crippen LogP contribution is -2.48. The van der Waals surface area contributed by atoms with Gasteiger partial charge in [0.25, 0.3) is 5.91 Å². The molecule has 0 N–H and O–H groups in total. The summed E-state index contributed by atoms with van der Waals surface area (Å²) in [5.41, 5.74) is 1.29. The third-order valence-corrected chi connectivity index (χ3v) is 6.70. The molecule has 1 aliphatic heterocycles. The summed E-state index contributed by atoms with van der Waals surface area (Å²) in [6.07, 6.45) is 0. The molecule has 1 fully saturated rings. The lowest BCUT2D eigenvalue weighted by molar-refractivity contribution is 0.0620. The minimum absolute atomic E-state index is 0.0736. The molecule has 6 nitrogen and oxygen atoms in total. The molecule has 4 heterocycles. The molecular formula is C23H20ClF2N5OS. The number of amides is 1. The Bertz CT molecular complexity index is 1270. The van der Waals surface area contributed by atoms with Crippen molar-refractivity contribution < 1.29 is 13.6 Å². The molecule has 0 bridgehead atoms. The van der Waals surface area contributed by atoms with Gasteiger partial charge in [-0.3, -0.25) is 9.69 Å². The fourth-order valence-electron chi connectivity index (χ4n) is 3.94. The molecule has 3 aromatic heterocycles. The fraction of sp³-hybridized carbons (Fsp3) is 0.261. The van der Waals surface area contributed by atoms with Gasteiger partial charge in [-0.1, -0.05) is 36.4 Å². The number of nitrogens with zero attached hydrogens (tertiary/aromatic N) is 5. The second-order valence-electron chi connectivity index (χ2n) is 7.86. The van der Waals surface area contributed by atoms with Crippen molar-refractivity contribution in [2.24, 2.45) is 0 Å². The lowest BCUT2D eigenvalue weighted by atomic mass is 10.2. The maximum atomic E-state index is 14.2. The molecule has 1 aliphatic rings. The van der Waals surface area contributed by atoms with Crippen LogP contribution >= 0.6 is 22.9 Å². The summed E-state index contributed by atoms with van der Waals surface area (Å²) in [5.74, 6) is -0.304. The zero-order chi connectivity index (χ0) is 23.0. The second kappa shape index (κ2) is 8.81. The Balaban J connectivity index is 1.37. The molecule has 1 aromatic carbocycles. The molecule has 0 aliphatic carbocycles. The van der Waals surface area contributed by atoms with Crippen LogP contribution in [0.3, 0.4) is 0 Å². The van der Waals surface area contributed by atoms with Crippen molar-refractivity contribution in [3.8, 4) is 10.6 Å². The number of fused-ring (bicyclic) bond motifs is 1. The number of carbonyl (C=O) groups excluding carboxylic acids is 1. The van der Waals surface area contributed by atoms with E-state index in [1.165, 1.54) is 29.0 Å². The Labute approximate surface area is 198 Å². The van der Waals surface area contributed by atoms with Crippen LogP contribution in [-0.4, -0.2) is 56.5 Å². The largest absolute Gasteiger partial charge is 0.364 e. The first-order valence-corrected chi connectivity index (χ1v) is 11.7. The molecule has 5 rings (SSSR count). The van der Waals surface area contributed by atoms with Gasteiger partial charge in [0.2, 0.25) is 0 Å². The van der Waals surface area contributed by atoms with Crippen LogP contribution in [0.4, 0.5) is 8.78 Å². The average molecular weight is 488 g/mol. The third-order valence-electron chi connectivity index (χ3n) is 5.62. The Morgan fingerprint density at radius 3 is 2.48 bits per heavy atom. The van der Waals surface area contributed by atoms with Gasteiger partial charge in [-0.25, -0.2) is 9.50 Å². The summed E-state index contributed by atoms with van der Waals surface area (Å²) in [5, 5.41) is 2.32. The van der Waals surface area contributed by atoms with Crippen molar-refractivity contribution in [3.63, 3.8) is 0 Å². The Morgan fingerprint density at radius 2 is 1.82 bits per heavy atom. The van der Waals surface area contributed by atoms with E-state index in [1.807, 2.05) is 29.6 Å². The monoisotopic (exact) mass is 487 g/mol. The summed E-state index contributed by atoms with van der Waals surface area (Å²) in [6, 6.07) is 16.4. The van der Waals surface area contributed by atoms with Crippen LogP contribution in [0.25, 0.3) is 16.2 Å². The molecular weight excluding hydrogens is 468 g/mol. The number of carbonyl (C=O) groups is 1. The molecule has 0 saturated carbocycles. The number of alkyl halides is 3. The van der Waals surface area contributed by atoms with Crippen molar-refractivity contribution in [3.05, 3.63) is 76.9 Å². The maximum absolute atomic E-state index is 14.2. The van der Waals surface area contributed by atoms with Crippen molar-refractivity contribution in [2.75, 3.05) is 26.2 Å². The van der Waals surface area contributed by atoms with Crippen LogP contribution < -0.4 is 0 Å². The fourth-order valence-corrected chi connectivity index (χ4v) is 4.76. The van der Waals surface area contributed by atoms with E-state index in [2.05, 4.69) is 27.1 Å². The summed E-state index contributed by atoms with van der Waals surface area (Å²) < 4.78 is 29.3. The van der Waals surface area contributed by atoms with Crippen molar-refractivity contribution in [1.29, 1.82) is 0 Å². The quantitative estimate of drug-likeness (QED) is 0.383. The topological polar surface area (TPSA) is 53.7 Å². The molecule has 0 atom stereocenters. The number of hydrogen-bond donors (Lipinski definition) is 0. The maximum Gasteiger partial charge on any atom is 0.364 e. The highest BCUT2D eigenvalue weighted by Crippen LogP contribution is 2.35. The highest BCUT2D eigenvalue weighted by atomic mass is 35.5. The van der Waals surface area contributed by atoms with Crippen LogP contribution in [0, 0.1) is 0 Å². The van der Waals surface area contributed by atoms with Crippen LogP contribution in [0.15, 0.2) is 60.0 Å². The molecule has 0 spiro atoms. The van der Waals surface area contributed by atoms with Crippen LogP contribution in [0.5, 0.6) is 0 Å². The number of benzene rings is 1. The number of piperazine rings is 1. The number of hydrogen-bond acceptors (Lipinski definition) is 5. The Morgan fingerprint density at radius 1 is 1.06 bits per heavy atom. The summed E-state index contributed by atoms with van der Waals surface area (Å²) in [7, 11) is 0. The number of rotatable bonds is 5. The van der Waals surface area contributed by atoms with Gasteiger partial charge in [-0.05, 0) is 34.7 Å². The molecule has 170 valence electrons. The highest BCUT2D eigenvalue weighted by Gasteiger charge is 2.34. The summed E-state index contributed by atoms with van der Waals surface area (Å²) in [6.45, 7) is 3.33. The van der Waals surface area contributed by atoms with E-state index < -0.39 is 11.1 Å². The average Bonchev–Trinajstić information content (AvgIpc) is 3.48. The van der Waals surface area contributed by atoms with Crippen molar-refractivity contribution >= 4 is 34.5 Å². The minimum atomic E-state index is -3.66. The predicted octanol–water partition coefficient (Wildman–Crippen LogP) is 4.70. The first kappa shape index (κ1) is 21.9. The van der Waals surface area contributed by atoms with E-state index in [4.69, 9.17) is 11.6 Å². The number of thiophene rings is 1. The standard InChI is InChI=1S/C23H20ClF2N5OS/c24-23(25,26)20-13-17(19-7-4-12-33-19)27-21-14-18(28-31(20)21)22(32)30-10-8-29(9-11-30)15-16-5-2-1-3-6-16/h1-7,12-14H,8-11,15H2. The molecule has 0 radical (unpaired) electrons. The van der Waals surface area contributed by atoms with Gasteiger partial charge >= 0.3 is 5.38 Å². The van der Waals surface area contributed by atoms with E-state index in [0.29, 0.717) is 18.8 Å². The highest BCUT2D eigenvalue weighted by molar-refractivity contribution is 7.13. The second-order valence-corrected chi connectivity index (χ2v) is 9.28. The lowest BCUT2D eigenvalue weighted by Gasteiger charge is -2.34. The first-order chi connectivity index (χ1) is 15.9. The molecule has 1 amide bonds. The van der Waals surface area contributed by atoms with Crippen LogP contribution in [0.1, 0.15) is 21.7 Å². The van der Waals surface area contributed by atoms with Gasteiger partial charge in [0.1, 0.15) is 5.69 Å². The van der Waals surface area contributed by atoms with Gasteiger partial charge in [0.15, 0.2) is 11.3 Å². The van der Waals surface area contributed by atoms with Crippen molar-refractivity contribution in [1.82, 2.24) is 24.4 Å². The summed E-state index contributed by atoms with van der Waals surface area (Å²) in [4.78, 5) is 22.2. The molecule has 4 aromatic rings. The molecule has 1 saturated heterocycles. The Hall–Kier alpha value is -2.88. The van der Waals surface area contributed by atoms with Gasteiger partial charge < -0.3 is 4.90 Å². The van der Waals surface area contributed by atoms with Crippen LogP contribution in [-0.2, 0) is 11.9 Å². The number of halogens is 3. The molecule has 33 heavy (non-hydrogen) atoms. The van der Waals surface area contributed by atoms with E-state index in [9.17, 15) is 13.6 Å². The number of aromatic nitrogens is 3. The SMILES string of the molecule is O=C(c1cc2nc(-c3cccs3)cc(C(F)(F)Cl)n2n1)N1CCN(Cc2ccccc2)CC1. The van der Waals surface area contributed by atoms with Gasteiger partial charge in [0, 0.05) is 38.8 Å². The van der Waals surface area contributed by atoms with Crippen molar-refractivity contribution in [2.45, 2.75) is 11.9 Å². The smallest absolute Gasteiger partial charge is 0.335 e. The van der Waals surface area contributed by atoms with Gasteiger partial charge in [0.05, 0.1) is 10.6 Å². The summed E-state index contributed by atoms with van der Waals surface area (Å²) >= 11 is 6.75. The van der Waals surface area contributed by atoms with E-state index >= 15 is 0 Å². The molecule has 10 heteroatoms. The normalized spacial score (nSPS) is 15.3. The van der Waals surface area contributed by atoms with E-state index in [1.54, 1.807) is 11.0 Å². The van der Waals surface area contributed by atoms with Gasteiger partial charge in [-0.2, -0.15) is 13.9 Å². The first-order valence-electron chi connectivity index (χ1n) is 10.5. The minimum Gasteiger partial charge on any atom is -0.335 e.